The number of halogens is 5. The summed E-state index contributed by atoms with van der Waals surface area (Å²) >= 11 is 25.0. The SMILES string of the molecule is CC(C)=C(C(=O)OC(Cl)C(Cl)Cl)N1C(=O)C(Br)(Br)C1SC(=O)CO[Si](c1ccccc1)(c1ccccc1)C(C)(C)C. The summed E-state index contributed by atoms with van der Waals surface area (Å²) in [6, 6.07) is 19.9. The normalized spacial score (nSPS) is 17.6. The molecule has 13 heteroatoms. The van der Waals surface area contributed by atoms with E-state index < -0.39 is 39.2 Å². The van der Waals surface area contributed by atoms with Crippen LogP contribution in [0.4, 0.5) is 0 Å². The largest absolute Gasteiger partial charge is 0.438 e. The van der Waals surface area contributed by atoms with E-state index in [1.807, 2.05) is 60.7 Å². The van der Waals surface area contributed by atoms with Crippen LogP contribution in [0.1, 0.15) is 34.6 Å². The molecule has 0 N–H and O–H groups in total. The molecular formula is C28H30Br2Cl3NO5SSi. The highest BCUT2D eigenvalue weighted by Gasteiger charge is 2.62. The first kappa shape index (κ1) is 34.6. The van der Waals surface area contributed by atoms with Crippen molar-refractivity contribution in [3.8, 4) is 0 Å². The Morgan fingerprint density at radius 1 is 1.00 bits per heavy atom. The van der Waals surface area contributed by atoms with E-state index in [1.54, 1.807) is 13.8 Å². The maximum atomic E-state index is 13.5. The fourth-order valence-electron chi connectivity index (χ4n) is 4.65. The number of rotatable bonds is 10. The van der Waals surface area contributed by atoms with Crippen LogP contribution < -0.4 is 10.4 Å². The maximum absolute atomic E-state index is 13.5. The first-order valence-electron chi connectivity index (χ1n) is 12.5. The molecule has 41 heavy (non-hydrogen) atoms. The van der Waals surface area contributed by atoms with Crippen molar-refractivity contribution in [3.63, 3.8) is 0 Å². The summed E-state index contributed by atoms with van der Waals surface area (Å²) in [5.41, 5.74) is -0.908. The third kappa shape index (κ3) is 7.28. The molecular weight excluding hydrogens is 757 g/mol. The van der Waals surface area contributed by atoms with E-state index in [0.717, 1.165) is 22.1 Å². The molecule has 1 fully saturated rings. The van der Waals surface area contributed by atoms with E-state index in [9.17, 15) is 14.4 Å². The van der Waals surface area contributed by atoms with Gasteiger partial charge in [0.2, 0.25) is 10.7 Å². The average Bonchev–Trinajstić information content (AvgIpc) is 2.90. The van der Waals surface area contributed by atoms with Crippen LogP contribution in [-0.2, 0) is 23.5 Å². The number of allylic oxidation sites excluding steroid dienone is 1. The number of β-lactam (4-membered cyclic amide) rings is 1. The lowest BCUT2D eigenvalue weighted by Gasteiger charge is -2.49. The highest BCUT2D eigenvalue weighted by atomic mass is 79.9. The molecule has 0 saturated carbocycles. The van der Waals surface area contributed by atoms with E-state index in [4.69, 9.17) is 44.0 Å². The molecule has 1 amide bonds. The number of hydrogen-bond donors (Lipinski definition) is 0. The number of carbonyl (C=O) groups excluding carboxylic acids is 3. The van der Waals surface area contributed by atoms with Crippen LogP contribution in [0.2, 0.25) is 5.04 Å². The van der Waals surface area contributed by atoms with Crippen LogP contribution in [0.25, 0.3) is 0 Å². The predicted octanol–water partition coefficient (Wildman–Crippen LogP) is 6.68. The smallest absolute Gasteiger partial charge is 0.356 e. The minimum atomic E-state index is -2.97. The monoisotopic (exact) mass is 783 g/mol. The molecule has 3 rings (SSSR count). The lowest BCUT2D eigenvalue weighted by atomic mass is 10.1. The number of alkyl halides is 5. The minimum Gasteiger partial charge on any atom is -0.438 e. The lowest BCUT2D eigenvalue weighted by Crippen LogP contribution is -2.68. The highest BCUT2D eigenvalue weighted by molar-refractivity contribution is 9.26. The van der Waals surface area contributed by atoms with Crippen molar-refractivity contribution in [1.29, 1.82) is 0 Å². The van der Waals surface area contributed by atoms with Crippen LogP contribution in [0.3, 0.4) is 0 Å². The average molecular weight is 787 g/mol. The zero-order chi connectivity index (χ0) is 30.8. The predicted molar refractivity (Wildman–Crippen MR) is 177 cm³/mol. The van der Waals surface area contributed by atoms with Gasteiger partial charge in [0, 0.05) is 0 Å². The summed E-state index contributed by atoms with van der Waals surface area (Å²) in [4.78, 5) is 39.7. The Morgan fingerprint density at radius 3 is 1.90 bits per heavy atom. The summed E-state index contributed by atoms with van der Waals surface area (Å²) < 4.78 is 10.6. The van der Waals surface area contributed by atoms with Gasteiger partial charge in [0.1, 0.15) is 17.7 Å². The first-order chi connectivity index (χ1) is 19.1. The van der Waals surface area contributed by atoms with E-state index in [1.165, 1.54) is 4.90 Å². The summed E-state index contributed by atoms with van der Waals surface area (Å²) in [6.45, 7) is 9.43. The number of benzene rings is 2. The first-order valence-corrected chi connectivity index (χ1v) is 18.2. The molecule has 1 saturated heterocycles. The van der Waals surface area contributed by atoms with Crippen molar-refractivity contribution in [1.82, 2.24) is 4.90 Å². The van der Waals surface area contributed by atoms with Gasteiger partial charge in [-0.3, -0.25) is 14.5 Å². The van der Waals surface area contributed by atoms with Gasteiger partial charge in [-0.25, -0.2) is 4.79 Å². The van der Waals surface area contributed by atoms with Crippen molar-refractivity contribution in [2.24, 2.45) is 0 Å². The second kappa shape index (κ2) is 13.8. The van der Waals surface area contributed by atoms with Crippen molar-refractivity contribution in [2.45, 2.75) is 58.7 Å². The van der Waals surface area contributed by atoms with Gasteiger partial charge in [-0.15, -0.1) is 0 Å². The number of ether oxygens (including phenoxy) is 1. The van der Waals surface area contributed by atoms with Crippen LogP contribution in [0.15, 0.2) is 71.9 Å². The topological polar surface area (TPSA) is 72.9 Å². The third-order valence-corrected chi connectivity index (χ3v) is 15.8. The van der Waals surface area contributed by atoms with E-state index in [-0.39, 0.29) is 22.5 Å². The van der Waals surface area contributed by atoms with Gasteiger partial charge in [-0.1, -0.05) is 160 Å². The van der Waals surface area contributed by atoms with Gasteiger partial charge < -0.3 is 9.16 Å². The molecule has 0 bridgehead atoms. The van der Waals surface area contributed by atoms with Gasteiger partial charge in [0.15, 0.2) is 8.07 Å². The number of thioether (sulfide) groups is 1. The quantitative estimate of drug-likeness (QED) is 0.0881. The van der Waals surface area contributed by atoms with Crippen LogP contribution in [0, 0.1) is 0 Å². The van der Waals surface area contributed by atoms with Gasteiger partial charge >= 0.3 is 5.97 Å². The van der Waals surface area contributed by atoms with Gasteiger partial charge in [-0.2, -0.15) is 0 Å². The second-order valence-corrected chi connectivity index (χ2v) is 21.1. The van der Waals surface area contributed by atoms with Crippen LogP contribution in [-0.4, -0.2) is 55.8 Å². The lowest BCUT2D eigenvalue weighted by molar-refractivity contribution is -0.150. The fraction of sp³-hybridized carbons (Fsp3) is 0.393. The highest BCUT2D eigenvalue weighted by Crippen LogP contribution is 2.52. The fourth-order valence-corrected chi connectivity index (χ4v) is 11.7. The standard InChI is InChI=1S/C28H30Br2Cl3NO5SSi/c1-17(2)21(24(36)39-23(33)22(31)32)34-25(37)28(29,30)26(34)40-20(35)16-38-41(27(3,4)5,18-12-8-6-9-13-18)19-14-10-7-11-15-19/h6-15,22-23,26H,16H2,1-5H3. The molecule has 0 radical (unpaired) electrons. The van der Waals surface area contributed by atoms with Crippen LogP contribution in [0.5, 0.6) is 0 Å². The van der Waals surface area contributed by atoms with Crippen molar-refractivity contribution < 1.29 is 23.5 Å². The molecule has 6 nitrogen and oxygen atoms in total. The second-order valence-electron chi connectivity index (χ2n) is 10.5. The molecule has 2 unspecified atom stereocenters. The summed E-state index contributed by atoms with van der Waals surface area (Å²) in [6.07, 6.45) is 0. The Bertz CT molecular complexity index is 1270. The zero-order valence-corrected chi connectivity index (χ0v) is 30.3. The third-order valence-electron chi connectivity index (χ3n) is 6.44. The molecule has 2 aromatic rings. The molecule has 1 heterocycles. The number of carbonyl (C=O) groups is 3. The van der Waals surface area contributed by atoms with Crippen molar-refractivity contribution >= 4 is 114 Å². The molecule has 222 valence electrons. The van der Waals surface area contributed by atoms with Crippen molar-refractivity contribution in [3.05, 3.63) is 71.9 Å². The van der Waals surface area contributed by atoms with Gasteiger partial charge in [-0.05, 0) is 34.8 Å². The molecule has 2 aromatic carbocycles. The minimum absolute atomic E-state index is 0.0534. The Hall–Kier alpha value is -0.853. The van der Waals surface area contributed by atoms with Gasteiger partial charge in [0.25, 0.3) is 14.2 Å². The molecule has 1 aliphatic heterocycles. The summed E-state index contributed by atoms with van der Waals surface area (Å²) in [5, 5.41) is 0.595. The number of esters is 1. The number of nitrogens with zero attached hydrogens (tertiary/aromatic N) is 1. The van der Waals surface area contributed by atoms with Crippen molar-refractivity contribution in [2.75, 3.05) is 6.61 Å². The Kier molecular flexibility index (Phi) is 11.7. The van der Waals surface area contributed by atoms with E-state index in [2.05, 4.69) is 52.6 Å². The molecule has 2 atom stereocenters. The molecule has 0 aliphatic carbocycles. The maximum Gasteiger partial charge on any atom is 0.356 e. The summed E-state index contributed by atoms with van der Waals surface area (Å²) in [5.74, 6) is -1.37. The van der Waals surface area contributed by atoms with E-state index in [0.29, 0.717) is 5.57 Å². The van der Waals surface area contributed by atoms with Crippen LogP contribution >= 0.6 is 78.4 Å². The summed E-state index contributed by atoms with van der Waals surface area (Å²) in [7, 11) is -2.97. The molecule has 0 spiro atoms. The van der Waals surface area contributed by atoms with E-state index >= 15 is 0 Å². The number of amides is 1. The van der Waals surface area contributed by atoms with Gasteiger partial charge in [0.05, 0.1) is 0 Å². The Labute approximate surface area is 277 Å². The zero-order valence-electron chi connectivity index (χ0n) is 23.0. The molecule has 0 aromatic heterocycles. The Morgan fingerprint density at radius 2 is 1.49 bits per heavy atom. The number of likely N-dealkylation sites (tertiary alicyclic amines) is 1. The molecule has 1 aliphatic rings. The Balaban J connectivity index is 1.91. The number of hydrogen-bond acceptors (Lipinski definition) is 6.